The smallest absolute Gasteiger partial charge is 0.102 e. The third kappa shape index (κ3) is 7.98. The maximum absolute atomic E-state index is 10.8. The summed E-state index contributed by atoms with van der Waals surface area (Å²) in [7, 11) is 2.00. The lowest BCUT2D eigenvalue weighted by Crippen LogP contribution is -2.50. The number of hydrogen-bond acceptors (Lipinski definition) is 5. The second-order valence-corrected chi connectivity index (χ2v) is 8.93. The van der Waals surface area contributed by atoms with Crippen molar-refractivity contribution in [2.24, 2.45) is 5.92 Å². The molecule has 162 valence electrons. The zero-order valence-electron chi connectivity index (χ0n) is 18.4. The van der Waals surface area contributed by atoms with Crippen LogP contribution >= 0.6 is 0 Å². The molecule has 1 aliphatic rings. The average molecular weight is 388 g/mol. The molecule has 0 aromatic rings. The van der Waals surface area contributed by atoms with Gasteiger partial charge in [-0.3, -0.25) is 4.90 Å². The Morgan fingerprint density at radius 1 is 1.04 bits per heavy atom. The highest BCUT2D eigenvalue weighted by molar-refractivity contribution is 4.98. The highest BCUT2D eigenvalue weighted by Crippen LogP contribution is 2.30. The topological polar surface area (TPSA) is 73.2 Å². The summed E-state index contributed by atoms with van der Waals surface area (Å²) in [5, 5.41) is 31.6. The maximum Gasteiger partial charge on any atom is 0.102 e. The molecule has 0 aromatic heterocycles. The van der Waals surface area contributed by atoms with Crippen LogP contribution in [0.25, 0.3) is 0 Å². The minimum Gasteiger partial charge on any atom is -0.391 e. The van der Waals surface area contributed by atoms with Crippen molar-refractivity contribution in [2.45, 2.75) is 115 Å². The molecular weight excluding hydrogens is 342 g/mol. The third-order valence-electron chi connectivity index (χ3n) is 6.34. The van der Waals surface area contributed by atoms with Crippen LogP contribution in [0.4, 0.5) is 0 Å². The molecule has 1 saturated carbocycles. The van der Waals surface area contributed by atoms with Crippen LogP contribution in [0, 0.1) is 5.92 Å². The quantitative estimate of drug-likeness (QED) is 0.399. The molecule has 3 N–H and O–H groups in total. The number of aliphatic hydroxyl groups excluding tert-OH is 2. The molecule has 0 heterocycles. The summed E-state index contributed by atoms with van der Waals surface area (Å²) in [6.07, 6.45) is 7.80. The first-order chi connectivity index (χ1) is 12.7. The normalized spacial score (nSPS) is 29.2. The summed E-state index contributed by atoms with van der Waals surface area (Å²) in [5.74, 6) is 0.135. The van der Waals surface area contributed by atoms with Gasteiger partial charge in [0.25, 0.3) is 0 Å². The number of ether oxygens (including phenoxy) is 1. The number of hydrogen-bond donors (Lipinski definition) is 3. The van der Waals surface area contributed by atoms with Crippen LogP contribution in [-0.4, -0.2) is 70.4 Å². The fraction of sp³-hybridized carbons (Fsp3) is 1.00. The molecule has 2 unspecified atom stereocenters. The van der Waals surface area contributed by atoms with Gasteiger partial charge in [0.05, 0.1) is 30.5 Å². The van der Waals surface area contributed by atoms with Gasteiger partial charge in [-0.05, 0) is 39.3 Å². The van der Waals surface area contributed by atoms with Gasteiger partial charge in [0.2, 0.25) is 0 Å². The van der Waals surface area contributed by atoms with Crippen molar-refractivity contribution >= 4 is 0 Å². The van der Waals surface area contributed by atoms with Gasteiger partial charge in [-0.15, -0.1) is 0 Å². The maximum atomic E-state index is 10.8. The van der Waals surface area contributed by atoms with E-state index in [-0.39, 0.29) is 18.6 Å². The first kappa shape index (κ1) is 24.8. The van der Waals surface area contributed by atoms with Crippen LogP contribution in [0.3, 0.4) is 0 Å². The molecule has 5 heteroatoms. The summed E-state index contributed by atoms with van der Waals surface area (Å²) in [6, 6.07) is -0.215. The lowest BCUT2D eigenvalue weighted by molar-refractivity contribution is -0.126. The van der Waals surface area contributed by atoms with Crippen molar-refractivity contribution in [3.8, 4) is 0 Å². The number of aliphatic hydroxyl groups is 3. The molecule has 6 atom stereocenters. The van der Waals surface area contributed by atoms with E-state index in [0.29, 0.717) is 6.42 Å². The van der Waals surface area contributed by atoms with Crippen LogP contribution < -0.4 is 0 Å². The Morgan fingerprint density at radius 3 is 2.30 bits per heavy atom. The van der Waals surface area contributed by atoms with Gasteiger partial charge >= 0.3 is 0 Å². The van der Waals surface area contributed by atoms with E-state index >= 15 is 0 Å². The third-order valence-corrected chi connectivity index (χ3v) is 6.34. The lowest BCUT2D eigenvalue weighted by Gasteiger charge is -2.36. The lowest BCUT2D eigenvalue weighted by atomic mass is 9.87. The first-order valence-corrected chi connectivity index (χ1v) is 11.1. The predicted molar refractivity (Wildman–Crippen MR) is 111 cm³/mol. The molecule has 1 rings (SSSR count). The van der Waals surface area contributed by atoms with E-state index in [4.69, 9.17) is 4.74 Å². The molecule has 0 amide bonds. The van der Waals surface area contributed by atoms with Gasteiger partial charge in [0.1, 0.15) is 6.10 Å². The Bertz CT molecular complexity index is 391. The van der Waals surface area contributed by atoms with E-state index in [0.717, 1.165) is 32.2 Å². The summed E-state index contributed by atoms with van der Waals surface area (Å²) >= 11 is 0. The standard InChI is InChI=1S/C22H45NO4/c1-6-8-10-11-12-14-23(5)20-18(24)15-19(25)21(20)27-16-22(4,26)17(3)13-9-7-2/h17-21,24-26H,6-16H2,1-5H3/t17?,18-,19+,20+,21+,22?/m0/s1. The van der Waals surface area contributed by atoms with Gasteiger partial charge < -0.3 is 20.1 Å². The van der Waals surface area contributed by atoms with E-state index in [2.05, 4.69) is 25.7 Å². The van der Waals surface area contributed by atoms with E-state index in [1.54, 1.807) is 0 Å². The van der Waals surface area contributed by atoms with E-state index in [1.807, 2.05) is 14.0 Å². The van der Waals surface area contributed by atoms with E-state index in [1.165, 1.54) is 25.7 Å². The predicted octanol–water partition coefficient (Wildman–Crippen LogP) is 3.35. The second-order valence-electron chi connectivity index (χ2n) is 8.93. The van der Waals surface area contributed by atoms with Crippen molar-refractivity contribution < 1.29 is 20.1 Å². The molecule has 1 fully saturated rings. The van der Waals surface area contributed by atoms with Gasteiger partial charge in [0.15, 0.2) is 0 Å². The highest BCUT2D eigenvalue weighted by Gasteiger charge is 2.45. The highest BCUT2D eigenvalue weighted by atomic mass is 16.5. The molecule has 0 radical (unpaired) electrons. The minimum absolute atomic E-state index is 0.135. The Labute approximate surface area is 167 Å². The molecule has 0 spiro atoms. The Balaban J connectivity index is 2.57. The van der Waals surface area contributed by atoms with Crippen LogP contribution in [0.1, 0.15) is 85.5 Å². The molecule has 0 bridgehead atoms. The number of rotatable bonds is 14. The van der Waals surface area contributed by atoms with Gasteiger partial charge in [-0.25, -0.2) is 0 Å². The van der Waals surface area contributed by atoms with Gasteiger partial charge in [-0.2, -0.15) is 0 Å². The number of unbranched alkanes of at least 4 members (excludes halogenated alkanes) is 5. The van der Waals surface area contributed by atoms with Crippen molar-refractivity contribution in [1.29, 1.82) is 0 Å². The van der Waals surface area contributed by atoms with Gasteiger partial charge in [-0.1, -0.05) is 59.3 Å². The second kappa shape index (κ2) is 12.4. The molecule has 0 aliphatic heterocycles. The van der Waals surface area contributed by atoms with Crippen molar-refractivity contribution in [3.63, 3.8) is 0 Å². The first-order valence-electron chi connectivity index (χ1n) is 11.1. The zero-order valence-corrected chi connectivity index (χ0v) is 18.4. The zero-order chi connectivity index (χ0) is 20.4. The summed E-state index contributed by atoms with van der Waals surface area (Å²) in [4.78, 5) is 2.13. The SMILES string of the molecule is CCCCCCCN(C)[C@H]1[C@H](OCC(C)(O)C(C)CCCC)[C@H](O)C[C@@H]1O. The molecule has 5 nitrogen and oxygen atoms in total. The fourth-order valence-electron chi connectivity index (χ4n) is 4.06. The van der Waals surface area contributed by atoms with Crippen LogP contribution in [0.5, 0.6) is 0 Å². The van der Waals surface area contributed by atoms with E-state index in [9.17, 15) is 15.3 Å². The monoisotopic (exact) mass is 387 g/mol. The number of nitrogens with zero attached hydrogens (tertiary/aromatic N) is 1. The van der Waals surface area contributed by atoms with Crippen LogP contribution in [0.2, 0.25) is 0 Å². The summed E-state index contributed by atoms with van der Waals surface area (Å²) in [5.41, 5.74) is -0.925. The molecule has 1 aliphatic carbocycles. The average Bonchev–Trinajstić information content (AvgIpc) is 2.90. The Kier molecular flexibility index (Phi) is 11.4. The fourth-order valence-corrected chi connectivity index (χ4v) is 4.06. The molecular formula is C22H45NO4. The minimum atomic E-state index is -0.925. The van der Waals surface area contributed by atoms with E-state index < -0.39 is 23.9 Å². The molecule has 0 aromatic carbocycles. The summed E-state index contributed by atoms with van der Waals surface area (Å²) in [6.45, 7) is 9.31. The van der Waals surface area contributed by atoms with Crippen LogP contribution in [0.15, 0.2) is 0 Å². The van der Waals surface area contributed by atoms with Crippen LogP contribution in [-0.2, 0) is 4.74 Å². The molecule has 27 heavy (non-hydrogen) atoms. The summed E-state index contributed by atoms with van der Waals surface area (Å²) < 4.78 is 6.03. The largest absolute Gasteiger partial charge is 0.391 e. The Morgan fingerprint density at radius 2 is 1.67 bits per heavy atom. The molecule has 0 saturated heterocycles. The van der Waals surface area contributed by atoms with Crippen molar-refractivity contribution in [2.75, 3.05) is 20.2 Å². The number of likely N-dealkylation sites (N-methyl/N-ethyl adjacent to an activating group) is 1. The van der Waals surface area contributed by atoms with Crippen molar-refractivity contribution in [3.05, 3.63) is 0 Å². The van der Waals surface area contributed by atoms with Gasteiger partial charge in [0, 0.05) is 6.42 Å². The Hall–Kier alpha value is -0.200. The van der Waals surface area contributed by atoms with Crippen molar-refractivity contribution in [1.82, 2.24) is 4.90 Å².